The van der Waals surface area contributed by atoms with Crippen LogP contribution in [0.3, 0.4) is 0 Å². The van der Waals surface area contributed by atoms with Gasteiger partial charge in [-0.1, -0.05) is 63.0 Å². The molecule has 1 fully saturated rings. The molecule has 5 heterocycles. The van der Waals surface area contributed by atoms with Crippen LogP contribution in [0.25, 0.3) is 5.57 Å². The van der Waals surface area contributed by atoms with Crippen molar-refractivity contribution in [2.24, 2.45) is 11.8 Å². The van der Waals surface area contributed by atoms with Crippen molar-refractivity contribution in [3.63, 3.8) is 0 Å². The number of Topliss-reactive ketones (excluding diaryl/α,β-unsaturated/α-hetero) is 1. The van der Waals surface area contributed by atoms with E-state index in [0.29, 0.717) is 63.5 Å². The predicted octanol–water partition coefficient (Wildman–Crippen LogP) is 6.11. The summed E-state index contributed by atoms with van der Waals surface area (Å²) < 4.78 is 77.6. The van der Waals surface area contributed by atoms with Crippen LogP contribution >= 0.6 is 0 Å². The predicted molar refractivity (Wildman–Crippen MR) is 278 cm³/mol. The topological polar surface area (TPSA) is 203 Å². The molecule has 5 N–H and O–H groups in total. The van der Waals surface area contributed by atoms with Gasteiger partial charge in [-0.15, -0.1) is 0 Å². The van der Waals surface area contributed by atoms with Gasteiger partial charge in [0.05, 0.1) is 22.7 Å². The van der Waals surface area contributed by atoms with E-state index >= 15 is 0 Å². The second kappa shape index (κ2) is 22.8. The van der Waals surface area contributed by atoms with E-state index in [1.807, 2.05) is 12.2 Å². The molecule has 0 radical (unpaired) electrons. The standard InChI is InChI=1S/C56H72N4O10S2/c1-2-3-7-18-39(61)23-25-42-41(48(62)36-49(42)63)19-8-4-5-9-22-51(64)57-27-10-6-11-28-58-71(65,66)40-24-26-43(50(35-40)72(67,68)69)52-46-33-37-16-12-29-59-31-14-20-44(53(37)59)55(46)70-56-45-21-15-32-60-30-13-17-38(54(45)60)34-47(52)56/h4,8,23-26,33-35,39,41-42,48,58,61-62H,2-3,5-7,9-22,27-32,36H2,1H3,(H-,57,64,67,68,69)/p+1/t39?,41?,42-,48?/m1/s1. The Hall–Kier alpha value is -4.71. The highest BCUT2D eigenvalue weighted by molar-refractivity contribution is 7.89. The molecule has 72 heavy (non-hydrogen) atoms. The van der Waals surface area contributed by atoms with Gasteiger partial charge in [0.25, 0.3) is 10.1 Å². The van der Waals surface area contributed by atoms with Gasteiger partial charge in [0, 0.05) is 102 Å². The van der Waals surface area contributed by atoms with Crippen LogP contribution in [-0.2, 0) is 55.4 Å². The summed E-state index contributed by atoms with van der Waals surface area (Å²) in [5.41, 5.74) is 7.49. The zero-order valence-electron chi connectivity index (χ0n) is 41.8. The van der Waals surface area contributed by atoms with Gasteiger partial charge >= 0.3 is 0 Å². The van der Waals surface area contributed by atoms with Gasteiger partial charge in [-0.25, -0.2) is 17.7 Å². The van der Waals surface area contributed by atoms with Crippen molar-refractivity contribution in [2.75, 3.05) is 44.2 Å². The number of aliphatic hydroxyl groups excluding tert-OH is 2. The molecule has 14 nitrogen and oxygen atoms in total. The third kappa shape index (κ3) is 11.3. The van der Waals surface area contributed by atoms with Crippen LogP contribution in [0.5, 0.6) is 11.5 Å². The number of allylic oxidation sites excluding steroid dienone is 3. The number of hydrogen-bond donors (Lipinski definition) is 5. The van der Waals surface area contributed by atoms with E-state index in [-0.39, 0.29) is 41.0 Å². The summed E-state index contributed by atoms with van der Waals surface area (Å²) in [5.74, 6) is 0.722. The molecule has 3 aromatic rings. The Bertz CT molecular complexity index is 2980. The molecule has 1 saturated carbocycles. The molecule has 16 heteroatoms. The molecule has 388 valence electrons. The summed E-state index contributed by atoms with van der Waals surface area (Å²) in [5, 5.41) is 25.7. The first kappa shape index (κ1) is 52.2. The Kier molecular flexibility index (Phi) is 16.5. The number of aryl methyl sites for hydroxylation is 2. The molecule has 6 aliphatic rings. The summed E-state index contributed by atoms with van der Waals surface area (Å²) in [7, 11) is -9.12. The molecule has 0 aromatic heterocycles. The van der Waals surface area contributed by atoms with Crippen LogP contribution in [0.2, 0.25) is 0 Å². The summed E-state index contributed by atoms with van der Waals surface area (Å²) in [6.45, 7) is 6.55. The normalized spacial score (nSPS) is 20.9. The Morgan fingerprint density at radius 1 is 0.875 bits per heavy atom. The van der Waals surface area contributed by atoms with Crippen molar-refractivity contribution in [1.29, 1.82) is 0 Å². The molecule has 3 unspecified atom stereocenters. The van der Waals surface area contributed by atoms with Crippen LogP contribution in [-0.4, -0.2) is 94.8 Å². The van der Waals surface area contributed by atoms with Crippen LogP contribution in [0.1, 0.15) is 143 Å². The number of anilines is 1. The number of fused-ring (bicyclic) bond motifs is 4. The Morgan fingerprint density at radius 3 is 2.44 bits per heavy atom. The second-order valence-electron chi connectivity index (χ2n) is 20.8. The van der Waals surface area contributed by atoms with Gasteiger partial charge in [-0.3, -0.25) is 14.1 Å². The molecular weight excluding hydrogens is 953 g/mol. The molecular formula is C56H73N4O10S2+. The van der Waals surface area contributed by atoms with E-state index in [1.165, 1.54) is 34.3 Å². The van der Waals surface area contributed by atoms with Crippen LogP contribution in [0.15, 0.2) is 64.4 Å². The van der Waals surface area contributed by atoms with E-state index < -0.39 is 43.2 Å². The lowest BCUT2D eigenvalue weighted by atomic mass is 9.82. The Morgan fingerprint density at radius 2 is 1.64 bits per heavy atom. The first-order valence-corrected chi connectivity index (χ1v) is 29.7. The molecule has 9 rings (SSSR count). The highest BCUT2D eigenvalue weighted by Gasteiger charge is 2.40. The average Bonchev–Trinajstić information content (AvgIpc) is 3.63. The molecule has 5 aliphatic heterocycles. The fourth-order valence-corrected chi connectivity index (χ4v) is 14.0. The zero-order valence-corrected chi connectivity index (χ0v) is 43.4. The number of carbonyl (C=O) groups excluding carboxylic acids is 2. The summed E-state index contributed by atoms with van der Waals surface area (Å²) >= 11 is 0. The van der Waals surface area contributed by atoms with Crippen molar-refractivity contribution in [3.8, 4) is 11.5 Å². The maximum absolute atomic E-state index is 13.8. The number of amides is 1. The lowest BCUT2D eigenvalue weighted by Crippen LogP contribution is -2.45. The number of aliphatic hydroxyl groups is 2. The smallest absolute Gasteiger partial charge is 0.295 e. The highest BCUT2D eigenvalue weighted by Crippen LogP contribution is 2.49. The van der Waals surface area contributed by atoms with Crippen molar-refractivity contribution < 1.29 is 45.9 Å². The minimum atomic E-state index is -4.94. The second-order valence-corrected chi connectivity index (χ2v) is 23.9. The van der Waals surface area contributed by atoms with Crippen molar-refractivity contribution >= 4 is 43.1 Å². The van der Waals surface area contributed by atoms with Gasteiger partial charge in [-0.2, -0.15) is 8.42 Å². The lowest BCUT2D eigenvalue weighted by molar-refractivity contribution is -0.121. The fourth-order valence-electron chi connectivity index (χ4n) is 12.2. The maximum Gasteiger partial charge on any atom is 0.295 e. The van der Waals surface area contributed by atoms with Gasteiger partial charge in [0.2, 0.25) is 21.3 Å². The molecule has 3 aromatic carbocycles. The van der Waals surface area contributed by atoms with Gasteiger partial charge in [0.15, 0.2) is 0 Å². The number of ether oxygens (including phenoxy) is 1. The average molecular weight is 1030 g/mol. The molecule has 1 aliphatic carbocycles. The summed E-state index contributed by atoms with van der Waals surface area (Å²) in [6, 6.07) is 8.31. The van der Waals surface area contributed by atoms with Crippen LogP contribution in [0.4, 0.5) is 5.69 Å². The Balaban J connectivity index is 0.812. The number of sulfonamides is 1. The number of nitrogens with one attached hydrogen (secondary N) is 2. The molecule has 0 bridgehead atoms. The maximum atomic E-state index is 13.8. The molecule has 0 saturated heterocycles. The zero-order chi connectivity index (χ0) is 50.6. The molecule has 4 atom stereocenters. The van der Waals surface area contributed by atoms with Crippen LogP contribution < -0.4 is 34.8 Å². The SMILES string of the molecule is CCCCCC(O)C=C[C@H]1C(=O)CC(O)C1CC=CCCCC(=O)NCCCCCNS(=O)(=O)c1ccc(C2=c3cc4c5c(c3Oc3c2cc2c6c3CCCN6CCC2)CCC[N+]=5CCC4)c(S(=O)(=O)O)c1. The van der Waals surface area contributed by atoms with E-state index in [0.717, 1.165) is 136 Å². The number of ketones is 1. The highest BCUT2D eigenvalue weighted by atomic mass is 32.2. The van der Waals surface area contributed by atoms with E-state index in [1.54, 1.807) is 12.2 Å². The van der Waals surface area contributed by atoms with E-state index in [4.69, 9.17) is 4.74 Å². The number of nitrogens with zero attached hydrogens (tertiary/aromatic N) is 2. The monoisotopic (exact) mass is 1030 g/mol. The minimum Gasteiger partial charge on any atom is -0.455 e. The fraction of sp³-hybridized carbons (Fsp3) is 0.554. The first-order valence-electron chi connectivity index (χ1n) is 26.8. The number of rotatable bonds is 22. The van der Waals surface area contributed by atoms with Crippen molar-refractivity contribution in [3.05, 3.63) is 98.6 Å². The molecule has 0 spiro atoms. The number of benzene rings is 3. The number of unbranched alkanes of at least 4 members (excludes halogenated alkanes) is 5. The lowest BCUT2D eigenvalue weighted by Gasteiger charge is -2.39. The molecule has 1 amide bonds. The third-order valence-corrected chi connectivity index (χ3v) is 18.0. The summed E-state index contributed by atoms with van der Waals surface area (Å²) in [6.07, 6.45) is 21.3. The third-order valence-electron chi connectivity index (χ3n) is 15.7. The minimum absolute atomic E-state index is 0.00608. The Labute approximate surface area is 425 Å². The van der Waals surface area contributed by atoms with Gasteiger partial charge in [0.1, 0.15) is 35.3 Å². The van der Waals surface area contributed by atoms with E-state index in [2.05, 4.69) is 38.6 Å². The first-order chi connectivity index (χ1) is 34.7. The quantitative estimate of drug-likeness (QED) is 0.0263. The summed E-state index contributed by atoms with van der Waals surface area (Å²) in [4.78, 5) is 26.8. The van der Waals surface area contributed by atoms with Crippen LogP contribution in [0, 0.1) is 11.8 Å². The van der Waals surface area contributed by atoms with Crippen molar-refractivity contribution in [2.45, 2.75) is 157 Å². The van der Waals surface area contributed by atoms with E-state index in [9.17, 15) is 41.2 Å². The number of hydrogen-bond acceptors (Lipinski definition) is 10. The van der Waals surface area contributed by atoms with Crippen molar-refractivity contribution in [1.82, 2.24) is 14.6 Å². The largest absolute Gasteiger partial charge is 0.455 e. The number of carbonyl (C=O) groups is 2. The van der Waals surface area contributed by atoms with Gasteiger partial charge < -0.3 is 25.2 Å². The van der Waals surface area contributed by atoms with Gasteiger partial charge in [-0.05, 0) is 107 Å².